The Kier molecular flexibility index (Phi) is 6.78. The maximum Gasteiger partial charge on any atom is 0.206 e. The lowest BCUT2D eigenvalue weighted by molar-refractivity contribution is 0.602. The average Bonchev–Trinajstić information content (AvgIpc) is 2.78. The second-order valence-electron chi connectivity index (χ2n) is 6.73. The van der Waals surface area contributed by atoms with E-state index in [1.54, 1.807) is 47.8 Å². The van der Waals surface area contributed by atoms with Crippen LogP contribution >= 0.6 is 36.2 Å². The van der Waals surface area contributed by atoms with E-state index in [9.17, 15) is 8.42 Å². The van der Waals surface area contributed by atoms with Gasteiger partial charge in [0.15, 0.2) is 0 Å². The molecule has 0 aromatic heterocycles. The van der Waals surface area contributed by atoms with Gasteiger partial charge in [0, 0.05) is 24.5 Å². The first-order chi connectivity index (χ1) is 14.5. The lowest BCUT2D eigenvalue weighted by Gasteiger charge is -2.09. The van der Waals surface area contributed by atoms with Crippen molar-refractivity contribution in [2.75, 3.05) is 0 Å². The van der Waals surface area contributed by atoms with E-state index < -0.39 is 9.84 Å². The number of thiol groups is 1. The van der Waals surface area contributed by atoms with Crippen LogP contribution in [0.4, 0.5) is 0 Å². The van der Waals surface area contributed by atoms with E-state index in [1.165, 1.54) is 9.79 Å². The normalized spacial score (nSPS) is 13.8. The highest BCUT2D eigenvalue weighted by Crippen LogP contribution is 2.33. The summed E-state index contributed by atoms with van der Waals surface area (Å²) in [5.41, 5.74) is 0. The number of hydrogen-bond acceptors (Lipinski definition) is 5. The first-order valence-corrected chi connectivity index (χ1v) is 13.0. The Labute approximate surface area is 191 Å². The lowest BCUT2D eigenvalue weighted by atomic mass is 10.2. The maximum absolute atomic E-state index is 12.7. The molecule has 0 heterocycles. The summed E-state index contributed by atoms with van der Waals surface area (Å²) in [4.78, 5) is 6.15. The van der Waals surface area contributed by atoms with Gasteiger partial charge >= 0.3 is 0 Å². The van der Waals surface area contributed by atoms with Crippen molar-refractivity contribution in [3.63, 3.8) is 0 Å². The van der Waals surface area contributed by atoms with Crippen LogP contribution in [0.2, 0.25) is 0 Å². The number of allylic oxidation sites excluding steroid dienone is 3. The fourth-order valence-corrected chi connectivity index (χ4v) is 6.13. The van der Waals surface area contributed by atoms with Gasteiger partial charge in [-0.25, -0.2) is 8.42 Å². The number of hydrogen-bond donors (Lipinski definition) is 1. The van der Waals surface area contributed by atoms with Gasteiger partial charge in [-0.3, -0.25) is 0 Å². The first-order valence-electron chi connectivity index (χ1n) is 9.47. The molecule has 6 heteroatoms. The van der Waals surface area contributed by atoms with E-state index in [2.05, 4.69) is 49.0 Å². The minimum atomic E-state index is -3.43. The molecule has 0 N–H and O–H groups in total. The summed E-state index contributed by atoms with van der Waals surface area (Å²) in [5.74, 6) is 0. The van der Waals surface area contributed by atoms with Gasteiger partial charge < -0.3 is 0 Å². The van der Waals surface area contributed by atoms with Gasteiger partial charge in [-0.1, -0.05) is 35.7 Å². The Hall–Kier alpha value is -1.86. The zero-order chi connectivity index (χ0) is 21.0. The predicted octanol–water partition coefficient (Wildman–Crippen LogP) is 7.29. The Morgan fingerprint density at radius 2 is 1.13 bits per heavy atom. The molecule has 0 fully saturated rings. The Morgan fingerprint density at radius 1 is 0.667 bits per heavy atom. The Bertz CT molecular complexity index is 1180. The molecule has 2 nitrogen and oxygen atoms in total. The molecule has 0 amide bonds. The summed E-state index contributed by atoms with van der Waals surface area (Å²) in [5, 5.41) is 0. The van der Waals surface area contributed by atoms with Gasteiger partial charge in [-0.2, -0.15) is 0 Å². The van der Waals surface area contributed by atoms with Gasteiger partial charge in [0.1, 0.15) is 0 Å². The third-order valence-corrected chi connectivity index (χ3v) is 8.68. The van der Waals surface area contributed by atoms with Crippen LogP contribution in [0.3, 0.4) is 0 Å². The van der Waals surface area contributed by atoms with Crippen molar-refractivity contribution in [3.05, 3.63) is 95.9 Å². The van der Waals surface area contributed by atoms with Gasteiger partial charge in [0.05, 0.1) is 9.80 Å². The van der Waals surface area contributed by atoms with E-state index in [1.807, 2.05) is 30.3 Å². The smallest absolute Gasteiger partial charge is 0.206 e. The fourth-order valence-electron chi connectivity index (χ4n) is 2.97. The third kappa shape index (κ3) is 5.24. The Balaban J connectivity index is 1.42. The topological polar surface area (TPSA) is 34.1 Å². The second-order valence-corrected chi connectivity index (χ2v) is 11.5. The summed E-state index contributed by atoms with van der Waals surface area (Å²) in [6, 6.07) is 23.6. The van der Waals surface area contributed by atoms with Crippen LogP contribution in [0.1, 0.15) is 12.8 Å². The van der Waals surface area contributed by atoms with Gasteiger partial charge in [0.25, 0.3) is 0 Å². The van der Waals surface area contributed by atoms with Crippen LogP contribution < -0.4 is 0 Å². The van der Waals surface area contributed by atoms with Crippen molar-refractivity contribution in [3.8, 4) is 0 Å². The molecule has 0 radical (unpaired) electrons. The highest BCUT2D eigenvalue weighted by Gasteiger charge is 2.19. The molecule has 152 valence electrons. The molecule has 0 atom stereocenters. The van der Waals surface area contributed by atoms with Crippen molar-refractivity contribution in [2.45, 2.75) is 42.2 Å². The van der Waals surface area contributed by atoms with E-state index in [4.69, 9.17) is 0 Å². The minimum absolute atomic E-state index is 0.337. The molecule has 0 spiro atoms. The molecule has 0 bridgehead atoms. The molecule has 30 heavy (non-hydrogen) atoms. The molecule has 0 saturated heterocycles. The van der Waals surface area contributed by atoms with Crippen LogP contribution in [0.25, 0.3) is 0 Å². The maximum atomic E-state index is 12.7. The molecule has 4 rings (SSSR count). The highest BCUT2D eigenvalue weighted by atomic mass is 32.2. The molecular weight excluding hydrogens is 449 g/mol. The largest absolute Gasteiger partial charge is 0.219 e. The van der Waals surface area contributed by atoms with E-state index in [-0.39, 0.29) is 0 Å². The number of rotatable bonds is 6. The molecule has 3 aromatic carbocycles. The van der Waals surface area contributed by atoms with Crippen LogP contribution in [0, 0.1) is 0 Å². The van der Waals surface area contributed by atoms with E-state index in [0.29, 0.717) is 9.80 Å². The number of sulfone groups is 1. The average molecular weight is 469 g/mol. The van der Waals surface area contributed by atoms with E-state index in [0.717, 1.165) is 27.5 Å². The van der Waals surface area contributed by atoms with Crippen molar-refractivity contribution in [1.82, 2.24) is 0 Å². The zero-order valence-corrected chi connectivity index (χ0v) is 19.4. The molecule has 1 aliphatic rings. The molecular formula is C24H20O2S4. The summed E-state index contributed by atoms with van der Waals surface area (Å²) < 4.78 is 25.5. The van der Waals surface area contributed by atoms with E-state index >= 15 is 0 Å². The van der Waals surface area contributed by atoms with Gasteiger partial charge in [0.2, 0.25) is 9.84 Å². The third-order valence-electron chi connectivity index (χ3n) is 4.54. The summed E-state index contributed by atoms with van der Waals surface area (Å²) in [6.07, 6.45) is 7.08. The van der Waals surface area contributed by atoms with Crippen LogP contribution in [-0.2, 0) is 9.84 Å². The molecule has 0 unspecified atom stereocenters. The van der Waals surface area contributed by atoms with Crippen LogP contribution in [-0.4, -0.2) is 8.42 Å². The summed E-state index contributed by atoms with van der Waals surface area (Å²) in [7, 11) is -3.43. The lowest BCUT2D eigenvalue weighted by Crippen LogP contribution is -2.04. The fraction of sp³-hybridized carbons (Fsp3) is 0.0833. The molecule has 0 aliphatic heterocycles. The quantitative estimate of drug-likeness (QED) is 0.385. The summed E-state index contributed by atoms with van der Waals surface area (Å²) in [6.45, 7) is 0. The predicted molar refractivity (Wildman–Crippen MR) is 128 cm³/mol. The van der Waals surface area contributed by atoms with Gasteiger partial charge in [-0.15, -0.1) is 12.6 Å². The van der Waals surface area contributed by atoms with Crippen molar-refractivity contribution in [1.29, 1.82) is 0 Å². The standard InChI is InChI=1S/C24H20O2S4/c25-30(26,23-4-2-1-3-5-23)24-16-14-22(15-17-24)29-21-12-10-20(11-13-21)28-19-8-6-18(27)7-9-19/h2,4-17,27H,1,3H2. The molecule has 3 aromatic rings. The molecule has 0 saturated carbocycles. The first kappa shape index (κ1) is 21.4. The van der Waals surface area contributed by atoms with Crippen molar-refractivity contribution in [2.24, 2.45) is 0 Å². The van der Waals surface area contributed by atoms with Crippen molar-refractivity contribution >= 4 is 46.0 Å². The SMILES string of the molecule is O=S(=O)(C1=CCCC=C1)c1ccc(Sc2ccc(Sc3ccc(S)cc3)cc2)cc1. The summed E-state index contributed by atoms with van der Waals surface area (Å²) >= 11 is 7.64. The second kappa shape index (κ2) is 9.52. The van der Waals surface area contributed by atoms with Gasteiger partial charge in [-0.05, 0) is 91.7 Å². The highest BCUT2D eigenvalue weighted by molar-refractivity contribution is 7.99. The number of benzene rings is 3. The van der Waals surface area contributed by atoms with Crippen molar-refractivity contribution < 1.29 is 8.42 Å². The Morgan fingerprint density at radius 3 is 1.60 bits per heavy atom. The van der Waals surface area contributed by atoms with Crippen LogP contribution in [0.15, 0.2) is 125 Å². The zero-order valence-electron chi connectivity index (χ0n) is 16.1. The van der Waals surface area contributed by atoms with Crippen LogP contribution in [0.5, 0.6) is 0 Å². The molecule has 1 aliphatic carbocycles. The minimum Gasteiger partial charge on any atom is -0.219 e. The monoisotopic (exact) mass is 468 g/mol.